The van der Waals surface area contributed by atoms with Gasteiger partial charge in [0.2, 0.25) is 0 Å². The molecule has 35 heavy (non-hydrogen) atoms. The Balaban J connectivity index is 1.52. The van der Waals surface area contributed by atoms with Gasteiger partial charge >= 0.3 is 0 Å². The van der Waals surface area contributed by atoms with Gasteiger partial charge in [0.15, 0.2) is 0 Å². The number of benzene rings is 2. The molecule has 180 valence electrons. The van der Waals surface area contributed by atoms with E-state index in [2.05, 4.69) is 24.0 Å². The highest BCUT2D eigenvalue weighted by atomic mass is 19.1. The Morgan fingerprint density at radius 3 is 2.34 bits per heavy atom. The van der Waals surface area contributed by atoms with Crippen LogP contribution in [0.2, 0.25) is 0 Å². The zero-order valence-corrected chi connectivity index (χ0v) is 20.5. The van der Waals surface area contributed by atoms with Crippen LogP contribution in [0.25, 0.3) is 5.69 Å². The van der Waals surface area contributed by atoms with Crippen LogP contribution in [0.15, 0.2) is 59.9 Å². The Labute approximate surface area is 203 Å². The quantitative estimate of drug-likeness (QED) is 0.329. The summed E-state index contributed by atoms with van der Waals surface area (Å²) in [5, 5.41) is 0. The van der Waals surface area contributed by atoms with Crippen molar-refractivity contribution in [3.8, 4) is 5.69 Å². The lowest BCUT2D eigenvalue weighted by molar-refractivity contribution is 0.547. The van der Waals surface area contributed by atoms with E-state index in [0.717, 1.165) is 40.9 Å². The van der Waals surface area contributed by atoms with Crippen molar-refractivity contribution in [1.29, 1.82) is 0 Å². The molecular weight excluding hydrogens is 444 g/mol. The fourth-order valence-electron chi connectivity index (χ4n) is 4.70. The largest absolute Gasteiger partial charge is 0.308 e. The minimum Gasteiger partial charge on any atom is -0.308 e. The van der Waals surface area contributed by atoms with Gasteiger partial charge in [0, 0.05) is 35.6 Å². The molecule has 0 radical (unpaired) electrons. The summed E-state index contributed by atoms with van der Waals surface area (Å²) in [6.45, 7) is 7.24. The third kappa shape index (κ3) is 4.57. The molecule has 4 aromatic rings. The fraction of sp³-hybridized carbons (Fsp3) is 0.310. The minimum atomic E-state index is -0.595. The summed E-state index contributed by atoms with van der Waals surface area (Å²) in [6, 6.07) is 10.4. The zero-order chi connectivity index (χ0) is 24.9. The third-order valence-corrected chi connectivity index (χ3v) is 7.04. The smallest absolute Gasteiger partial charge is 0.254 e. The SMILES string of the molecule is Cc1cn(-c2ccc(Cc3cc(C4CC4)cn([C@@H](C)c4cc(F)c(C)c(F)c4)c3=O)cc2C)cn1. The van der Waals surface area contributed by atoms with Gasteiger partial charge in [-0.2, -0.15) is 0 Å². The zero-order valence-electron chi connectivity index (χ0n) is 20.5. The van der Waals surface area contributed by atoms with Crippen molar-refractivity contribution in [2.45, 2.75) is 58.9 Å². The summed E-state index contributed by atoms with van der Waals surface area (Å²) in [5.41, 5.74) is 6.26. The molecule has 1 saturated carbocycles. The number of hydrogen-bond donors (Lipinski definition) is 0. The van der Waals surface area contributed by atoms with E-state index >= 15 is 0 Å². The van der Waals surface area contributed by atoms with Gasteiger partial charge in [-0.1, -0.05) is 12.1 Å². The summed E-state index contributed by atoms with van der Waals surface area (Å²) >= 11 is 0. The summed E-state index contributed by atoms with van der Waals surface area (Å²) in [6.07, 6.45) is 8.34. The standard InChI is InChI=1S/C29H29F2N3O/c1-17-9-21(5-8-28(17)33-14-18(2)32-16-33)10-24-11-25(22-6-7-22)15-34(29(24)35)20(4)23-12-26(30)19(3)27(31)13-23/h5,8-9,11-16,20,22H,6-7,10H2,1-4H3/t20-/m0/s1. The number of halogens is 2. The van der Waals surface area contributed by atoms with Crippen LogP contribution < -0.4 is 5.56 Å². The topological polar surface area (TPSA) is 39.8 Å². The van der Waals surface area contributed by atoms with Gasteiger partial charge in [0.25, 0.3) is 5.56 Å². The first-order valence-electron chi connectivity index (χ1n) is 12.0. The second-order valence-corrected chi connectivity index (χ2v) is 9.79. The number of aromatic nitrogens is 3. The highest BCUT2D eigenvalue weighted by molar-refractivity contribution is 5.44. The first kappa shape index (κ1) is 23.2. The molecule has 0 unspecified atom stereocenters. The summed E-state index contributed by atoms with van der Waals surface area (Å²) in [4.78, 5) is 17.9. The van der Waals surface area contributed by atoms with Crippen LogP contribution in [0.3, 0.4) is 0 Å². The van der Waals surface area contributed by atoms with E-state index in [1.54, 1.807) is 10.9 Å². The second-order valence-electron chi connectivity index (χ2n) is 9.79. The van der Waals surface area contributed by atoms with Crippen molar-refractivity contribution in [3.63, 3.8) is 0 Å². The van der Waals surface area contributed by atoms with Gasteiger partial charge in [-0.15, -0.1) is 0 Å². The van der Waals surface area contributed by atoms with E-state index in [1.807, 2.05) is 42.9 Å². The molecule has 0 N–H and O–H groups in total. The number of imidazole rings is 1. The number of hydrogen-bond acceptors (Lipinski definition) is 2. The lowest BCUT2D eigenvalue weighted by atomic mass is 9.99. The lowest BCUT2D eigenvalue weighted by Crippen LogP contribution is -2.27. The monoisotopic (exact) mass is 473 g/mol. The molecule has 0 aliphatic heterocycles. The average Bonchev–Trinajstić information content (AvgIpc) is 3.59. The van der Waals surface area contributed by atoms with E-state index in [0.29, 0.717) is 23.5 Å². The molecule has 1 aliphatic carbocycles. The molecule has 2 aromatic heterocycles. The first-order chi connectivity index (χ1) is 16.7. The predicted octanol–water partition coefficient (Wildman–Crippen LogP) is 6.31. The van der Waals surface area contributed by atoms with Crippen molar-refractivity contribution in [3.05, 3.63) is 116 Å². The number of rotatable bonds is 6. The van der Waals surface area contributed by atoms with Gasteiger partial charge in [0.05, 0.1) is 18.1 Å². The molecule has 0 amide bonds. The molecule has 2 aromatic carbocycles. The van der Waals surface area contributed by atoms with Gasteiger partial charge < -0.3 is 9.13 Å². The van der Waals surface area contributed by atoms with Crippen molar-refractivity contribution in [1.82, 2.24) is 14.1 Å². The van der Waals surface area contributed by atoms with Crippen LogP contribution in [0, 0.1) is 32.4 Å². The molecule has 4 nitrogen and oxygen atoms in total. The maximum atomic E-state index is 14.3. The van der Waals surface area contributed by atoms with Crippen molar-refractivity contribution >= 4 is 0 Å². The van der Waals surface area contributed by atoms with Gasteiger partial charge in [-0.05, 0) is 93.0 Å². The van der Waals surface area contributed by atoms with E-state index in [4.69, 9.17) is 0 Å². The van der Waals surface area contributed by atoms with Crippen molar-refractivity contribution < 1.29 is 8.78 Å². The maximum absolute atomic E-state index is 14.3. The molecule has 1 aliphatic rings. The van der Waals surface area contributed by atoms with E-state index in [-0.39, 0.29) is 11.1 Å². The van der Waals surface area contributed by atoms with Gasteiger partial charge in [-0.3, -0.25) is 4.79 Å². The van der Waals surface area contributed by atoms with E-state index in [1.165, 1.54) is 19.1 Å². The minimum absolute atomic E-state index is 0.00890. The Morgan fingerprint density at radius 1 is 1.03 bits per heavy atom. The average molecular weight is 474 g/mol. The second kappa shape index (κ2) is 8.91. The van der Waals surface area contributed by atoms with Crippen LogP contribution in [-0.2, 0) is 6.42 Å². The van der Waals surface area contributed by atoms with Gasteiger partial charge in [0.1, 0.15) is 11.6 Å². The number of nitrogens with zero attached hydrogens (tertiary/aromatic N) is 3. The van der Waals surface area contributed by atoms with Crippen LogP contribution in [0.4, 0.5) is 8.78 Å². The first-order valence-corrected chi connectivity index (χ1v) is 12.0. The summed E-state index contributed by atoms with van der Waals surface area (Å²) < 4.78 is 32.2. The molecule has 0 saturated heterocycles. The predicted molar refractivity (Wildman–Crippen MR) is 133 cm³/mol. The highest BCUT2D eigenvalue weighted by Gasteiger charge is 2.26. The summed E-state index contributed by atoms with van der Waals surface area (Å²) in [5.74, 6) is -0.753. The number of aryl methyl sites for hydroxylation is 2. The Morgan fingerprint density at radius 2 is 1.74 bits per heavy atom. The maximum Gasteiger partial charge on any atom is 0.254 e. The molecule has 6 heteroatoms. The van der Waals surface area contributed by atoms with Crippen LogP contribution >= 0.6 is 0 Å². The highest BCUT2D eigenvalue weighted by Crippen LogP contribution is 2.40. The van der Waals surface area contributed by atoms with Crippen LogP contribution in [0.1, 0.15) is 70.8 Å². The normalized spacial score (nSPS) is 14.3. The number of pyridine rings is 1. The fourth-order valence-corrected chi connectivity index (χ4v) is 4.70. The molecular formula is C29H29F2N3O. The lowest BCUT2D eigenvalue weighted by Gasteiger charge is -2.20. The van der Waals surface area contributed by atoms with Crippen LogP contribution in [-0.4, -0.2) is 14.1 Å². The van der Waals surface area contributed by atoms with Gasteiger partial charge in [-0.25, -0.2) is 13.8 Å². The molecule has 0 bridgehead atoms. The van der Waals surface area contributed by atoms with Crippen LogP contribution in [0.5, 0.6) is 0 Å². The Bertz CT molecular complexity index is 1460. The van der Waals surface area contributed by atoms with Crippen molar-refractivity contribution in [2.75, 3.05) is 0 Å². The third-order valence-electron chi connectivity index (χ3n) is 7.04. The van der Waals surface area contributed by atoms with E-state index < -0.39 is 17.7 Å². The molecule has 2 heterocycles. The Hall–Kier alpha value is -3.54. The summed E-state index contributed by atoms with van der Waals surface area (Å²) in [7, 11) is 0. The molecule has 5 rings (SSSR count). The van der Waals surface area contributed by atoms with E-state index in [9.17, 15) is 13.6 Å². The molecule has 1 atom stereocenters. The molecule has 0 spiro atoms. The Kier molecular flexibility index (Phi) is 5.91. The molecule has 1 fully saturated rings. The van der Waals surface area contributed by atoms with Crippen molar-refractivity contribution in [2.24, 2.45) is 0 Å².